The van der Waals surface area contributed by atoms with E-state index >= 15 is 0 Å². The van der Waals surface area contributed by atoms with Gasteiger partial charge in [-0.05, 0) is 5.56 Å². The van der Waals surface area contributed by atoms with Gasteiger partial charge in [-0.25, -0.2) is 4.79 Å². The first-order valence-corrected chi connectivity index (χ1v) is 4.66. The number of hydrogen-bond acceptors (Lipinski definition) is 2. The molecule has 16 heavy (non-hydrogen) atoms. The zero-order valence-electron chi connectivity index (χ0n) is 9.02. The van der Waals surface area contributed by atoms with Crippen molar-refractivity contribution in [2.75, 3.05) is 0 Å². The number of carbonyl (C=O) groups excluding carboxylic acids is 1. The molecule has 0 aliphatic heterocycles. The van der Waals surface area contributed by atoms with Gasteiger partial charge in [-0.1, -0.05) is 44.2 Å². The monoisotopic (exact) mass is 465 g/mol. The third-order valence-electron chi connectivity index (χ3n) is 1.58. The largest absolute Gasteiger partial charge is 0.520 e. The van der Waals surface area contributed by atoms with Crippen LogP contribution in [0, 0.1) is 0 Å². The molecule has 0 aliphatic carbocycles. The predicted molar refractivity (Wildman–Crippen MR) is 57.0 cm³/mol. The van der Waals surface area contributed by atoms with E-state index in [1.54, 1.807) is 30.3 Å². The minimum Gasteiger partial charge on any atom is -0.520 e. The molecule has 5 heteroatoms. The summed E-state index contributed by atoms with van der Waals surface area (Å²) in [6.45, 7) is 4.00. The van der Waals surface area contributed by atoms with E-state index in [-0.39, 0.29) is 0 Å². The first kappa shape index (κ1) is 15.6. The van der Waals surface area contributed by atoms with Gasteiger partial charge < -0.3 is 15.2 Å². The van der Waals surface area contributed by atoms with Crippen LogP contribution >= 0.6 is 0 Å². The SMILES string of the molecule is CC.O=[C-]NC(C(=O)O)c1ccccc1.[Fm]. The van der Waals surface area contributed by atoms with Gasteiger partial charge in [0.15, 0.2) is 0 Å². The molecule has 2 N–H and O–H groups in total. The Hall–Kier alpha value is -2.84. The van der Waals surface area contributed by atoms with E-state index < -0.39 is 12.0 Å². The molecule has 0 fully saturated rings. The van der Waals surface area contributed by atoms with Crippen LogP contribution in [0.2, 0.25) is 0 Å². The van der Waals surface area contributed by atoms with Crippen LogP contribution in [0.25, 0.3) is 0 Å². The number of nitrogens with one attached hydrogen (secondary N) is 1. The Morgan fingerprint density at radius 2 is 1.81 bits per heavy atom. The van der Waals surface area contributed by atoms with Gasteiger partial charge in [0.2, 0.25) is 0 Å². The molecule has 1 aromatic carbocycles. The van der Waals surface area contributed by atoms with E-state index in [1.807, 2.05) is 13.8 Å². The molecular weight excluding hydrogens is 451 g/mol. The van der Waals surface area contributed by atoms with Crippen LogP contribution in [0.4, 0.5) is 0 Å². The second-order valence-electron chi connectivity index (χ2n) is 2.43. The number of benzene rings is 1. The zero-order chi connectivity index (χ0) is 11.7. The van der Waals surface area contributed by atoms with Crippen molar-refractivity contribution >= 4 is 12.4 Å². The quantitative estimate of drug-likeness (QED) is 0.524. The fraction of sp³-hybridized carbons (Fsp3) is 0.273. The summed E-state index contributed by atoms with van der Waals surface area (Å²) in [6, 6.07) is 7.42. The maximum absolute atomic E-state index is 10.6. The van der Waals surface area contributed by atoms with Crippen LogP contribution in [0.3, 0.4) is 0 Å². The molecule has 0 aromatic heterocycles. The number of carbonyl (C=O) groups is 1. The van der Waals surface area contributed by atoms with Crippen LogP contribution < -0.4 is 5.32 Å². The molecule has 0 saturated heterocycles. The Kier molecular flexibility index (Phi) is 8.54. The molecule has 0 radical (unpaired) electrons. The van der Waals surface area contributed by atoms with E-state index in [1.165, 1.54) is 6.41 Å². The van der Waals surface area contributed by atoms with Crippen molar-refractivity contribution in [3.63, 3.8) is 0 Å². The average molecular weight is 465 g/mol. The van der Waals surface area contributed by atoms with Crippen molar-refractivity contribution in [3.8, 4) is 0 Å². The van der Waals surface area contributed by atoms with Crippen LogP contribution in [-0.2, 0) is 9.59 Å². The summed E-state index contributed by atoms with van der Waals surface area (Å²) < 4.78 is 0. The van der Waals surface area contributed by atoms with E-state index in [0.29, 0.717) is 5.56 Å². The third kappa shape index (κ3) is 4.41. The maximum Gasteiger partial charge on any atom is 0.328 e. The van der Waals surface area contributed by atoms with Crippen LogP contribution in [0.15, 0.2) is 30.3 Å². The zero-order valence-corrected chi connectivity index (χ0v) is 11.4. The number of carboxylic acid groups (broad SMARTS) is 1. The maximum atomic E-state index is 10.6. The summed E-state index contributed by atoms with van der Waals surface area (Å²) in [7, 11) is 0. The fourth-order valence-electron chi connectivity index (χ4n) is 0.992. The van der Waals surface area contributed by atoms with E-state index in [2.05, 4.69) is 5.32 Å². The van der Waals surface area contributed by atoms with Crippen molar-refractivity contribution in [2.24, 2.45) is 0 Å². The van der Waals surface area contributed by atoms with E-state index in [0.717, 1.165) is 0 Å². The molecule has 1 atom stereocenters. The molecule has 4 nitrogen and oxygen atoms in total. The number of carboxylic acids is 1. The number of hydrogen-bond donors (Lipinski definition) is 2. The molecule has 0 bridgehead atoms. The Morgan fingerprint density at radius 1 is 1.31 bits per heavy atom. The van der Waals surface area contributed by atoms with Crippen LogP contribution in [-0.4, -0.2) is 17.5 Å². The Labute approximate surface area is 88.9 Å². The predicted octanol–water partition coefficient (Wildman–Crippen LogP) is 1.50. The first-order chi connectivity index (χ1) is 7.25. The van der Waals surface area contributed by atoms with Crippen LogP contribution in [0.1, 0.15) is 25.5 Å². The molecule has 0 saturated carbocycles. The topological polar surface area (TPSA) is 66.4 Å². The number of amides is 1. The van der Waals surface area contributed by atoms with Gasteiger partial charge in [0.05, 0.1) is 0 Å². The van der Waals surface area contributed by atoms with Crippen LogP contribution in [0.5, 0.6) is 0 Å². The Morgan fingerprint density at radius 3 is 2.19 bits per heavy atom. The number of rotatable bonds is 4. The summed E-state index contributed by atoms with van der Waals surface area (Å²) in [5, 5.41) is 10.8. The molecule has 1 aromatic rings. The smallest absolute Gasteiger partial charge is 0.328 e. The first-order valence-electron chi connectivity index (χ1n) is 4.66. The average Bonchev–Trinajstić information content (AvgIpc) is 2.29. The second kappa shape index (κ2) is 8.74. The van der Waals surface area contributed by atoms with Gasteiger partial charge in [-0.15, -0.1) is 0 Å². The summed E-state index contributed by atoms with van der Waals surface area (Å²) >= 11 is 0. The molecule has 1 amide bonds. The van der Waals surface area contributed by atoms with Crippen molar-refractivity contribution < 1.29 is 14.7 Å². The summed E-state index contributed by atoms with van der Waals surface area (Å²) in [5.74, 6) is -1.10. The van der Waals surface area contributed by atoms with Crippen molar-refractivity contribution in [2.45, 2.75) is 19.9 Å². The van der Waals surface area contributed by atoms with Gasteiger partial charge in [0.1, 0.15) is 6.04 Å². The van der Waals surface area contributed by atoms with E-state index in [4.69, 9.17) is 5.11 Å². The molecule has 94 valence electrons. The molecule has 0 spiro atoms. The number of aliphatic carboxylic acids is 1. The van der Waals surface area contributed by atoms with Crippen molar-refractivity contribution in [3.05, 3.63) is 35.9 Å². The second-order valence-corrected chi connectivity index (χ2v) is 2.43. The minimum atomic E-state index is -1.10. The summed E-state index contributed by atoms with van der Waals surface area (Å²) in [4.78, 5) is 20.6. The summed E-state index contributed by atoms with van der Waals surface area (Å²) in [5.41, 5.74) is 0.526. The Bertz CT molecular complexity index is 303. The standard InChI is InChI=1S/C9H8NO3.C2H6.Fm/c11-6-10-8(9(12)13)7-4-2-1-3-5-7;1-2;/h1-5,8H,(H,10,11)(H,12,13);1-2H3;/q-1;;. The van der Waals surface area contributed by atoms with Gasteiger partial charge in [0.25, 0.3) is 0 Å². The van der Waals surface area contributed by atoms with Gasteiger partial charge in [-0.2, -0.15) is 6.41 Å². The Balaban J connectivity index is 0. The molecule has 0 aliphatic rings. The molecule has 0 heterocycles. The van der Waals surface area contributed by atoms with E-state index in [9.17, 15) is 9.59 Å². The van der Waals surface area contributed by atoms with Gasteiger partial charge >= 0.3 is 5.97 Å². The normalized spacial score (nSPS) is 9.88. The van der Waals surface area contributed by atoms with Crippen molar-refractivity contribution in [1.82, 2.24) is 5.32 Å². The minimum absolute atomic E-state index is 0. The van der Waals surface area contributed by atoms with Gasteiger partial charge in [-0.3, -0.25) is 0 Å². The molecular formula is C11H14FmNO3-. The third-order valence-corrected chi connectivity index (χ3v) is 1.58. The molecule has 1 unspecified atom stereocenters. The van der Waals surface area contributed by atoms with Gasteiger partial charge in [0, 0.05) is 0 Å². The summed E-state index contributed by atoms with van der Waals surface area (Å²) in [6.07, 6.45) is 1.37. The molecule has 1 rings (SSSR count). The van der Waals surface area contributed by atoms with Crippen molar-refractivity contribution in [1.29, 1.82) is 0 Å². The fourth-order valence-corrected chi connectivity index (χ4v) is 0.992.